The second-order valence-electron chi connectivity index (χ2n) is 5.71. The zero-order chi connectivity index (χ0) is 17.9. The number of rotatable bonds is 4. The van der Waals surface area contributed by atoms with Gasteiger partial charge in [0.15, 0.2) is 0 Å². The molecule has 0 saturated heterocycles. The molecule has 6 heteroatoms. The topological polar surface area (TPSA) is 81.0 Å². The van der Waals surface area contributed by atoms with Crippen molar-refractivity contribution in [3.05, 3.63) is 89.0 Å². The van der Waals surface area contributed by atoms with Crippen LogP contribution in [0.1, 0.15) is 0 Å². The van der Waals surface area contributed by atoms with E-state index in [1.165, 1.54) is 12.1 Å². The quantitative estimate of drug-likeness (QED) is 0.419. The van der Waals surface area contributed by atoms with Gasteiger partial charge in [0.2, 0.25) is 5.95 Å². The van der Waals surface area contributed by atoms with Gasteiger partial charge in [-0.15, -0.1) is 0 Å². The first-order chi connectivity index (χ1) is 12.7. The fourth-order valence-electron chi connectivity index (χ4n) is 2.75. The van der Waals surface area contributed by atoms with Gasteiger partial charge in [0.25, 0.3) is 5.69 Å². The summed E-state index contributed by atoms with van der Waals surface area (Å²) in [7, 11) is 0. The molecule has 0 radical (unpaired) electrons. The zero-order valence-electron chi connectivity index (χ0n) is 13.7. The Morgan fingerprint density at radius 3 is 2.23 bits per heavy atom. The first kappa shape index (κ1) is 15.7. The van der Waals surface area contributed by atoms with Gasteiger partial charge >= 0.3 is 0 Å². The summed E-state index contributed by atoms with van der Waals surface area (Å²) in [5, 5.41) is 15.0. The van der Waals surface area contributed by atoms with E-state index in [2.05, 4.69) is 15.3 Å². The summed E-state index contributed by atoms with van der Waals surface area (Å²) < 4.78 is 0. The van der Waals surface area contributed by atoms with Crippen LogP contribution in [-0.4, -0.2) is 14.9 Å². The first-order valence-corrected chi connectivity index (χ1v) is 8.04. The van der Waals surface area contributed by atoms with Crippen LogP contribution in [0.2, 0.25) is 0 Å². The third-order valence-electron chi connectivity index (χ3n) is 3.97. The largest absolute Gasteiger partial charge is 0.324 e. The molecular formula is C20H14N4O2. The van der Waals surface area contributed by atoms with Crippen molar-refractivity contribution >= 4 is 28.2 Å². The minimum Gasteiger partial charge on any atom is -0.324 e. The van der Waals surface area contributed by atoms with E-state index in [0.717, 1.165) is 11.3 Å². The molecule has 0 atom stereocenters. The molecule has 1 heterocycles. The fraction of sp³-hybridized carbons (Fsp3) is 0. The Balaban J connectivity index is 1.91. The molecule has 126 valence electrons. The highest BCUT2D eigenvalue weighted by Crippen LogP contribution is 2.30. The van der Waals surface area contributed by atoms with Gasteiger partial charge in [-0.1, -0.05) is 48.5 Å². The molecular weight excluding hydrogens is 328 g/mol. The predicted molar refractivity (Wildman–Crippen MR) is 101 cm³/mol. The maximum absolute atomic E-state index is 11.2. The molecule has 4 rings (SSSR count). The van der Waals surface area contributed by atoms with Crippen LogP contribution in [0, 0.1) is 10.1 Å². The second-order valence-corrected chi connectivity index (χ2v) is 5.71. The summed E-state index contributed by atoms with van der Waals surface area (Å²) in [6.45, 7) is 0. The van der Waals surface area contributed by atoms with Crippen LogP contribution in [0.5, 0.6) is 0 Å². The third-order valence-corrected chi connectivity index (χ3v) is 3.97. The highest BCUT2D eigenvalue weighted by molar-refractivity contribution is 5.94. The molecule has 4 aromatic rings. The SMILES string of the molecule is O=[N+]([O-])c1ccc2nc(Nc3ccccc3)nc(-c3ccccc3)c2c1. The van der Waals surface area contributed by atoms with Crippen molar-refractivity contribution in [1.82, 2.24) is 9.97 Å². The Bertz CT molecular complexity index is 1080. The van der Waals surface area contributed by atoms with Crippen molar-refractivity contribution in [3.63, 3.8) is 0 Å². The lowest BCUT2D eigenvalue weighted by Gasteiger charge is -2.10. The minimum atomic E-state index is -0.412. The zero-order valence-corrected chi connectivity index (χ0v) is 13.7. The van der Waals surface area contributed by atoms with E-state index < -0.39 is 4.92 Å². The number of hydrogen-bond acceptors (Lipinski definition) is 5. The molecule has 0 amide bonds. The van der Waals surface area contributed by atoms with Crippen LogP contribution >= 0.6 is 0 Å². The summed E-state index contributed by atoms with van der Waals surface area (Å²) in [5.41, 5.74) is 3.05. The second kappa shape index (κ2) is 6.60. The van der Waals surface area contributed by atoms with Crippen LogP contribution in [0.15, 0.2) is 78.9 Å². The first-order valence-electron chi connectivity index (χ1n) is 8.04. The van der Waals surface area contributed by atoms with Crippen LogP contribution in [0.25, 0.3) is 22.2 Å². The fourth-order valence-corrected chi connectivity index (χ4v) is 2.75. The van der Waals surface area contributed by atoms with E-state index in [-0.39, 0.29) is 5.69 Å². The van der Waals surface area contributed by atoms with Gasteiger partial charge in [-0.2, -0.15) is 0 Å². The van der Waals surface area contributed by atoms with E-state index in [1.54, 1.807) is 6.07 Å². The average molecular weight is 342 g/mol. The highest BCUT2D eigenvalue weighted by atomic mass is 16.6. The predicted octanol–water partition coefficient (Wildman–Crippen LogP) is 4.95. The number of benzene rings is 3. The third kappa shape index (κ3) is 3.08. The summed E-state index contributed by atoms with van der Waals surface area (Å²) in [6.07, 6.45) is 0. The summed E-state index contributed by atoms with van der Waals surface area (Å²) in [6, 6.07) is 23.8. The standard InChI is InChI=1S/C20H14N4O2/c25-24(26)16-11-12-18-17(13-16)19(14-7-3-1-4-8-14)23-20(22-18)21-15-9-5-2-6-10-15/h1-13H,(H,21,22,23). The summed E-state index contributed by atoms with van der Waals surface area (Å²) in [4.78, 5) is 19.9. The number of para-hydroxylation sites is 1. The Hall–Kier alpha value is -3.80. The van der Waals surface area contributed by atoms with E-state index in [9.17, 15) is 10.1 Å². The van der Waals surface area contributed by atoms with Crippen LogP contribution in [0.3, 0.4) is 0 Å². The maximum Gasteiger partial charge on any atom is 0.270 e. The maximum atomic E-state index is 11.2. The lowest BCUT2D eigenvalue weighted by atomic mass is 10.1. The summed E-state index contributed by atoms with van der Waals surface area (Å²) in [5.74, 6) is 0.441. The molecule has 26 heavy (non-hydrogen) atoms. The Morgan fingerprint density at radius 2 is 1.54 bits per heavy atom. The van der Waals surface area contributed by atoms with Gasteiger partial charge in [0, 0.05) is 28.8 Å². The van der Waals surface area contributed by atoms with Crippen molar-refractivity contribution in [2.75, 3.05) is 5.32 Å². The highest BCUT2D eigenvalue weighted by Gasteiger charge is 2.14. The van der Waals surface area contributed by atoms with Crippen molar-refractivity contribution < 1.29 is 4.92 Å². The number of anilines is 2. The molecule has 1 N–H and O–H groups in total. The van der Waals surface area contributed by atoms with E-state index in [0.29, 0.717) is 22.5 Å². The van der Waals surface area contributed by atoms with Gasteiger partial charge < -0.3 is 5.32 Å². The monoisotopic (exact) mass is 342 g/mol. The van der Waals surface area contributed by atoms with Crippen molar-refractivity contribution in [3.8, 4) is 11.3 Å². The average Bonchev–Trinajstić information content (AvgIpc) is 2.68. The number of nitrogens with zero attached hydrogens (tertiary/aromatic N) is 3. The van der Waals surface area contributed by atoms with Gasteiger partial charge in [0.05, 0.1) is 16.1 Å². The molecule has 0 bridgehead atoms. The van der Waals surface area contributed by atoms with Gasteiger partial charge in [0.1, 0.15) is 0 Å². The molecule has 0 saturated carbocycles. The molecule has 1 aromatic heterocycles. The summed E-state index contributed by atoms with van der Waals surface area (Å²) >= 11 is 0. The van der Waals surface area contributed by atoms with Gasteiger partial charge in [-0.25, -0.2) is 9.97 Å². The number of nitro groups is 1. The van der Waals surface area contributed by atoms with Crippen molar-refractivity contribution in [2.45, 2.75) is 0 Å². The number of hydrogen-bond donors (Lipinski definition) is 1. The Kier molecular flexibility index (Phi) is 3.99. The van der Waals surface area contributed by atoms with Crippen LogP contribution in [-0.2, 0) is 0 Å². The van der Waals surface area contributed by atoms with Gasteiger partial charge in [-0.3, -0.25) is 10.1 Å². The number of aromatic nitrogens is 2. The Morgan fingerprint density at radius 1 is 0.846 bits per heavy atom. The Labute approximate surface area is 149 Å². The minimum absolute atomic E-state index is 0.0158. The van der Waals surface area contributed by atoms with Gasteiger partial charge in [-0.05, 0) is 18.2 Å². The number of fused-ring (bicyclic) bond motifs is 1. The molecule has 0 aliphatic rings. The molecule has 3 aromatic carbocycles. The number of non-ortho nitro benzene ring substituents is 1. The smallest absolute Gasteiger partial charge is 0.270 e. The van der Waals surface area contributed by atoms with Crippen LogP contribution < -0.4 is 5.32 Å². The lowest BCUT2D eigenvalue weighted by molar-refractivity contribution is -0.384. The van der Waals surface area contributed by atoms with E-state index in [4.69, 9.17) is 0 Å². The molecule has 0 aliphatic heterocycles. The molecule has 0 spiro atoms. The number of nitro benzene ring substituents is 1. The molecule has 0 fully saturated rings. The molecule has 0 unspecified atom stereocenters. The normalized spacial score (nSPS) is 10.6. The van der Waals surface area contributed by atoms with Crippen molar-refractivity contribution in [1.29, 1.82) is 0 Å². The van der Waals surface area contributed by atoms with E-state index >= 15 is 0 Å². The molecule has 6 nitrogen and oxygen atoms in total. The van der Waals surface area contributed by atoms with Crippen molar-refractivity contribution in [2.24, 2.45) is 0 Å². The lowest BCUT2D eigenvalue weighted by Crippen LogP contribution is -2.00. The molecule has 0 aliphatic carbocycles. The van der Waals surface area contributed by atoms with E-state index in [1.807, 2.05) is 60.7 Å². The van der Waals surface area contributed by atoms with Crippen LogP contribution in [0.4, 0.5) is 17.3 Å². The number of nitrogens with one attached hydrogen (secondary N) is 1.